The molecule has 0 spiro atoms. The van der Waals surface area contributed by atoms with Crippen molar-refractivity contribution in [1.29, 1.82) is 5.26 Å². The van der Waals surface area contributed by atoms with Crippen LogP contribution in [0.2, 0.25) is 18.1 Å². The number of aromatic nitrogens is 2. The molecule has 0 aliphatic rings. The summed E-state index contributed by atoms with van der Waals surface area (Å²) in [6, 6.07) is 13.7. The van der Waals surface area contributed by atoms with Gasteiger partial charge in [0.15, 0.2) is 13.4 Å². The van der Waals surface area contributed by atoms with Crippen LogP contribution < -0.4 is 5.73 Å². The summed E-state index contributed by atoms with van der Waals surface area (Å²) in [5.74, 6) is 0. The van der Waals surface area contributed by atoms with Gasteiger partial charge in [0.2, 0.25) is 0 Å². The van der Waals surface area contributed by atoms with E-state index in [2.05, 4.69) is 56.0 Å². The number of thiazole rings is 1. The Balaban J connectivity index is 1.99. The normalized spacial score (nSPS) is 12.0. The van der Waals surface area contributed by atoms with Crippen LogP contribution in [0, 0.1) is 18.3 Å². The minimum atomic E-state index is -1.87. The molecule has 0 bridgehead atoms. The van der Waals surface area contributed by atoms with Crippen molar-refractivity contribution in [2.45, 2.75) is 52.4 Å². The topological polar surface area (TPSA) is 84.8 Å². The van der Waals surface area contributed by atoms with Crippen LogP contribution in [0.5, 0.6) is 0 Å². The molecular weight excluding hydrogens is 408 g/mol. The van der Waals surface area contributed by atoms with E-state index in [9.17, 15) is 5.26 Å². The fourth-order valence-corrected chi connectivity index (χ4v) is 4.66. The minimum Gasteiger partial charge on any atom is -0.411 e. The van der Waals surface area contributed by atoms with Crippen molar-refractivity contribution in [2.24, 2.45) is 0 Å². The molecule has 0 saturated heterocycles. The first kappa shape index (κ1) is 22.2. The average molecular weight is 437 g/mol. The first-order valence-corrected chi connectivity index (χ1v) is 13.6. The molecule has 0 unspecified atom stereocenters. The Hall–Kier alpha value is -2.53. The van der Waals surface area contributed by atoms with Gasteiger partial charge in [0.1, 0.15) is 0 Å². The smallest absolute Gasteiger partial charge is 0.192 e. The Morgan fingerprint density at radius 1 is 1.13 bits per heavy atom. The molecule has 156 valence electrons. The van der Waals surface area contributed by atoms with Gasteiger partial charge in [0.25, 0.3) is 0 Å². The molecule has 2 heterocycles. The third kappa shape index (κ3) is 4.78. The maximum atomic E-state index is 9.24. The lowest BCUT2D eigenvalue weighted by molar-refractivity contribution is 0.272. The largest absolute Gasteiger partial charge is 0.411 e. The second kappa shape index (κ2) is 8.30. The first-order valence-electron chi connectivity index (χ1n) is 9.89. The summed E-state index contributed by atoms with van der Waals surface area (Å²) in [4.78, 5) is 10.2. The lowest BCUT2D eigenvalue weighted by Crippen LogP contribution is -2.40. The zero-order valence-electron chi connectivity index (χ0n) is 18.4. The van der Waals surface area contributed by atoms with Gasteiger partial charge in [-0.3, -0.25) is 4.98 Å². The molecule has 0 aliphatic heterocycles. The Bertz CT molecular complexity index is 1110. The lowest BCUT2D eigenvalue weighted by atomic mass is 10.0. The Morgan fingerprint density at radius 2 is 1.87 bits per heavy atom. The van der Waals surface area contributed by atoms with E-state index in [0.29, 0.717) is 17.3 Å². The average Bonchev–Trinajstić information content (AvgIpc) is 3.07. The third-order valence-corrected chi connectivity index (χ3v) is 11.0. The number of benzene rings is 1. The number of pyridine rings is 1. The van der Waals surface area contributed by atoms with E-state index in [0.717, 1.165) is 33.1 Å². The van der Waals surface area contributed by atoms with Crippen LogP contribution in [0.1, 0.15) is 37.7 Å². The number of anilines is 1. The van der Waals surface area contributed by atoms with Crippen LogP contribution in [0.3, 0.4) is 0 Å². The number of rotatable bonds is 5. The highest BCUT2D eigenvalue weighted by Gasteiger charge is 2.37. The molecule has 0 fully saturated rings. The van der Waals surface area contributed by atoms with Crippen molar-refractivity contribution in [3.8, 4) is 27.8 Å². The number of nitrogens with two attached hydrogens (primary N) is 1. The van der Waals surface area contributed by atoms with Crippen molar-refractivity contribution >= 4 is 24.8 Å². The zero-order chi connectivity index (χ0) is 22.1. The van der Waals surface area contributed by atoms with Gasteiger partial charge in [-0.2, -0.15) is 5.26 Å². The maximum absolute atomic E-state index is 9.24. The van der Waals surface area contributed by atoms with Crippen LogP contribution in [0.25, 0.3) is 21.7 Å². The zero-order valence-corrected chi connectivity index (χ0v) is 20.2. The molecule has 3 rings (SSSR count). The molecule has 0 atom stereocenters. The van der Waals surface area contributed by atoms with Crippen LogP contribution in [-0.4, -0.2) is 18.3 Å². The second-order valence-corrected chi connectivity index (χ2v) is 14.8. The van der Waals surface area contributed by atoms with Gasteiger partial charge in [0.05, 0.1) is 34.5 Å². The van der Waals surface area contributed by atoms with Gasteiger partial charge < -0.3 is 10.2 Å². The van der Waals surface area contributed by atoms with E-state index in [4.69, 9.17) is 10.2 Å². The fraction of sp³-hybridized carbons (Fsp3) is 0.348. The number of hydrogen-bond acceptors (Lipinski definition) is 6. The SMILES string of the molecule is Cc1cc(-c2sc(N)nc2-c2cccc(C#N)c2)cc(CO[Si](C)(C)C(C)(C)C)n1. The standard InChI is InChI=1S/C23H28N4OSSi/c1-15-10-18(12-19(26-15)14-28-30(5,6)23(2,3)4)21-20(27-22(25)29-21)17-9-7-8-16(11-17)13-24/h7-12H,14H2,1-6H3,(H2,25,27). The van der Waals surface area contributed by atoms with E-state index in [1.165, 1.54) is 11.3 Å². The predicted molar refractivity (Wildman–Crippen MR) is 127 cm³/mol. The Labute approximate surface area is 183 Å². The van der Waals surface area contributed by atoms with Crippen molar-refractivity contribution < 1.29 is 4.43 Å². The molecular formula is C23H28N4OSSi. The summed E-state index contributed by atoms with van der Waals surface area (Å²) in [6.07, 6.45) is 0. The molecule has 2 aromatic heterocycles. The summed E-state index contributed by atoms with van der Waals surface area (Å²) in [5.41, 5.74) is 11.2. The van der Waals surface area contributed by atoms with E-state index in [1.54, 1.807) is 6.07 Å². The summed E-state index contributed by atoms with van der Waals surface area (Å²) < 4.78 is 6.38. The highest BCUT2D eigenvalue weighted by Crippen LogP contribution is 2.39. The molecule has 3 aromatic rings. The van der Waals surface area contributed by atoms with Gasteiger partial charge in [-0.1, -0.05) is 44.2 Å². The maximum Gasteiger partial charge on any atom is 0.192 e. The highest BCUT2D eigenvalue weighted by molar-refractivity contribution is 7.19. The third-order valence-electron chi connectivity index (χ3n) is 5.56. The first-order chi connectivity index (χ1) is 14.0. The van der Waals surface area contributed by atoms with Crippen LogP contribution in [0.4, 0.5) is 5.13 Å². The molecule has 1 aromatic carbocycles. The fourth-order valence-electron chi connectivity index (χ4n) is 2.88. The van der Waals surface area contributed by atoms with Gasteiger partial charge in [-0.15, -0.1) is 0 Å². The van der Waals surface area contributed by atoms with Gasteiger partial charge in [0, 0.05) is 11.3 Å². The molecule has 30 heavy (non-hydrogen) atoms. The summed E-state index contributed by atoms with van der Waals surface area (Å²) in [5, 5.41) is 9.88. The molecule has 0 saturated carbocycles. The van der Waals surface area contributed by atoms with Gasteiger partial charge >= 0.3 is 0 Å². The van der Waals surface area contributed by atoms with Crippen molar-refractivity contribution in [3.05, 3.63) is 53.3 Å². The summed E-state index contributed by atoms with van der Waals surface area (Å²) in [7, 11) is -1.87. The number of nitrogens with zero attached hydrogens (tertiary/aromatic N) is 3. The summed E-state index contributed by atoms with van der Waals surface area (Å²) >= 11 is 1.44. The van der Waals surface area contributed by atoms with Crippen molar-refractivity contribution in [1.82, 2.24) is 9.97 Å². The molecule has 0 amide bonds. The van der Waals surface area contributed by atoms with Crippen LogP contribution >= 0.6 is 11.3 Å². The number of nitrogen functional groups attached to an aromatic ring is 1. The second-order valence-electron chi connectivity index (χ2n) is 8.96. The highest BCUT2D eigenvalue weighted by atomic mass is 32.1. The lowest BCUT2D eigenvalue weighted by Gasteiger charge is -2.36. The van der Waals surface area contributed by atoms with E-state index >= 15 is 0 Å². The van der Waals surface area contributed by atoms with Gasteiger partial charge in [-0.25, -0.2) is 4.98 Å². The van der Waals surface area contributed by atoms with Crippen LogP contribution in [0.15, 0.2) is 36.4 Å². The molecule has 0 aliphatic carbocycles. The number of aryl methyl sites for hydroxylation is 1. The molecule has 2 N–H and O–H groups in total. The van der Waals surface area contributed by atoms with E-state index in [-0.39, 0.29) is 5.04 Å². The molecule has 0 radical (unpaired) electrons. The number of nitriles is 1. The Morgan fingerprint density at radius 3 is 2.53 bits per heavy atom. The molecule has 7 heteroatoms. The van der Waals surface area contributed by atoms with E-state index < -0.39 is 8.32 Å². The number of hydrogen-bond donors (Lipinski definition) is 1. The summed E-state index contributed by atoms with van der Waals surface area (Å²) in [6.45, 7) is 13.7. The quantitative estimate of drug-likeness (QED) is 0.484. The minimum absolute atomic E-state index is 0.144. The van der Waals surface area contributed by atoms with Crippen molar-refractivity contribution in [3.63, 3.8) is 0 Å². The monoisotopic (exact) mass is 436 g/mol. The van der Waals surface area contributed by atoms with Gasteiger partial charge in [-0.05, 0) is 54.9 Å². The van der Waals surface area contributed by atoms with Crippen LogP contribution in [-0.2, 0) is 11.0 Å². The molecule has 5 nitrogen and oxygen atoms in total. The van der Waals surface area contributed by atoms with Crippen molar-refractivity contribution in [2.75, 3.05) is 5.73 Å². The Kier molecular flexibility index (Phi) is 6.13. The predicted octanol–water partition coefficient (Wildman–Crippen LogP) is 6.16. The van der Waals surface area contributed by atoms with E-state index in [1.807, 2.05) is 31.2 Å².